The third kappa shape index (κ3) is 5.43. The van der Waals surface area contributed by atoms with Gasteiger partial charge in [-0.05, 0) is 33.6 Å². The Labute approximate surface area is 169 Å². The normalized spacial score (nSPS) is 32.5. The van der Waals surface area contributed by atoms with Crippen molar-refractivity contribution in [2.24, 2.45) is 10.4 Å². The number of hydrogen-bond donors (Lipinski definition) is 2. The van der Waals surface area contributed by atoms with E-state index < -0.39 is 0 Å². The molecule has 0 aromatic rings. The molecule has 2 rings (SSSR count). The number of ether oxygens (including phenoxy) is 3. The number of hydrogen-bond acceptors (Lipinski definition) is 4. The Morgan fingerprint density at radius 2 is 2.08 bits per heavy atom. The molecule has 4 atom stereocenters. The Kier molecular flexibility index (Phi) is 8.90. The molecule has 0 amide bonds. The first-order valence-corrected chi connectivity index (χ1v) is 9.14. The van der Waals surface area contributed by atoms with E-state index in [0.717, 1.165) is 32.0 Å². The minimum Gasteiger partial charge on any atom is -0.379 e. The van der Waals surface area contributed by atoms with Crippen LogP contribution >= 0.6 is 24.0 Å². The number of aliphatic imine (C=N–C) groups is 1. The molecule has 1 heterocycles. The first-order valence-electron chi connectivity index (χ1n) is 9.14. The molecule has 0 aromatic heterocycles. The number of halogens is 1. The summed E-state index contributed by atoms with van der Waals surface area (Å²) in [6.07, 6.45) is 2.21. The van der Waals surface area contributed by atoms with Gasteiger partial charge in [-0.1, -0.05) is 13.8 Å². The van der Waals surface area contributed by atoms with E-state index in [9.17, 15) is 0 Å². The van der Waals surface area contributed by atoms with Gasteiger partial charge in [-0.25, -0.2) is 0 Å². The predicted octanol–water partition coefficient (Wildman–Crippen LogP) is 2.56. The van der Waals surface area contributed by atoms with E-state index in [2.05, 4.69) is 43.3 Å². The van der Waals surface area contributed by atoms with Crippen LogP contribution in [0.25, 0.3) is 0 Å². The van der Waals surface area contributed by atoms with Crippen molar-refractivity contribution in [3.63, 3.8) is 0 Å². The molecule has 0 spiro atoms. The SMILES string of the molecule is CCN=C(NC(C)COC1CCOC1)NC1CC(C)(OC)C1(C)C.I. The highest BCUT2D eigenvalue weighted by molar-refractivity contribution is 14.0. The quantitative estimate of drug-likeness (QED) is 0.341. The number of nitrogens with zero attached hydrogens (tertiary/aromatic N) is 1. The number of methoxy groups -OCH3 is 1. The van der Waals surface area contributed by atoms with Gasteiger partial charge in [0.15, 0.2) is 5.96 Å². The van der Waals surface area contributed by atoms with E-state index in [4.69, 9.17) is 14.2 Å². The molecule has 2 fully saturated rings. The summed E-state index contributed by atoms with van der Waals surface area (Å²) < 4.78 is 16.9. The van der Waals surface area contributed by atoms with Crippen LogP contribution in [0.1, 0.15) is 47.5 Å². The lowest BCUT2D eigenvalue weighted by molar-refractivity contribution is -0.176. The van der Waals surface area contributed by atoms with Crippen LogP contribution in [0.4, 0.5) is 0 Å². The maximum absolute atomic E-state index is 5.89. The van der Waals surface area contributed by atoms with Gasteiger partial charge in [0, 0.05) is 37.8 Å². The Hall–Kier alpha value is -0.120. The predicted molar refractivity (Wildman–Crippen MR) is 112 cm³/mol. The third-order valence-electron chi connectivity index (χ3n) is 5.76. The van der Waals surface area contributed by atoms with Gasteiger partial charge in [-0.15, -0.1) is 24.0 Å². The van der Waals surface area contributed by atoms with Crippen LogP contribution in [-0.4, -0.2) is 63.2 Å². The van der Waals surface area contributed by atoms with Gasteiger partial charge in [-0.2, -0.15) is 0 Å². The van der Waals surface area contributed by atoms with E-state index in [1.165, 1.54) is 0 Å². The van der Waals surface area contributed by atoms with Gasteiger partial charge >= 0.3 is 0 Å². The molecule has 1 saturated carbocycles. The summed E-state index contributed by atoms with van der Waals surface area (Å²) >= 11 is 0. The fraction of sp³-hybridized carbons (Fsp3) is 0.944. The Morgan fingerprint density at radius 3 is 2.60 bits per heavy atom. The standard InChI is InChI=1S/C18H35N3O3.HI/c1-7-19-16(20-13(2)11-24-14-8-9-23-12-14)21-15-10-18(5,22-6)17(15,3)4;/h13-15H,7-12H2,1-6H3,(H2,19,20,21);1H. The first-order chi connectivity index (χ1) is 11.3. The fourth-order valence-corrected chi connectivity index (χ4v) is 3.38. The minimum atomic E-state index is -0.0841. The summed E-state index contributed by atoms with van der Waals surface area (Å²) in [5, 5.41) is 7.03. The fourth-order valence-electron chi connectivity index (χ4n) is 3.38. The molecular weight excluding hydrogens is 433 g/mol. The van der Waals surface area contributed by atoms with Crippen molar-refractivity contribution in [1.29, 1.82) is 0 Å². The summed E-state index contributed by atoms with van der Waals surface area (Å²) in [5.74, 6) is 0.854. The minimum absolute atomic E-state index is 0. The van der Waals surface area contributed by atoms with E-state index in [1.807, 2.05) is 6.92 Å². The van der Waals surface area contributed by atoms with Crippen LogP contribution in [-0.2, 0) is 14.2 Å². The summed E-state index contributed by atoms with van der Waals surface area (Å²) in [4.78, 5) is 4.58. The molecule has 1 aliphatic carbocycles. The molecule has 1 saturated heterocycles. The average Bonchev–Trinajstić information content (AvgIpc) is 3.05. The summed E-state index contributed by atoms with van der Waals surface area (Å²) in [6.45, 7) is 13.8. The van der Waals surface area contributed by atoms with E-state index in [1.54, 1.807) is 7.11 Å². The second kappa shape index (κ2) is 9.71. The zero-order chi connectivity index (χ0) is 17.8. The van der Waals surface area contributed by atoms with Crippen molar-refractivity contribution in [2.75, 3.05) is 33.5 Å². The monoisotopic (exact) mass is 469 g/mol. The molecule has 0 aromatic carbocycles. The van der Waals surface area contributed by atoms with E-state index >= 15 is 0 Å². The highest BCUT2D eigenvalue weighted by Gasteiger charge is 2.58. The Bertz CT molecular complexity index is 441. The molecule has 2 N–H and O–H groups in total. The maximum atomic E-state index is 5.89. The van der Waals surface area contributed by atoms with Gasteiger partial charge < -0.3 is 24.8 Å². The number of nitrogens with one attached hydrogen (secondary N) is 2. The Balaban J connectivity index is 0.00000312. The molecular formula is C18H36IN3O3. The van der Waals surface area contributed by atoms with Gasteiger partial charge in [-0.3, -0.25) is 4.99 Å². The second-order valence-corrected chi connectivity index (χ2v) is 7.74. The molecule has 6 nitrogen and oxygen atoms in total. The zero-order valence-electron chi connectivity index (χ0n) is 16.6. The van der Waals surface area contributed by atoms with Gasteiger partial charge in [0.25, 0.3) is 0 Å². The average molecular weight is 469 g/mol. The lowest BCUT2D eigenvalue weighted by Gasteiger charge is -2.59. The van der Waals surface area contributed by atoms with Crippen molar-refractivity contribution in [1.82, 2.24) is 10.6 Å². The molecule has 0 radical (unpaired) electrons. The summed E-state index contributed by atoms with van der Waals surface area (Å²) in [7, 11) is 1.80. The van der Waals surface area contributed by atoms with Crippen LogP contribution in [0.3, 0.4) is 0 Å². The van der Waals surface area contributed by atoms with Crippen molar-refractivity contribution >= 4 is 29.9 Å². The molecule has 7 heteroatoms. The van der Waals surface area contributed by atoms with Gasteiger partial charge in [0.1, 0.15) is 0 Å². The highest BCUT2D eigenvalue weighted by Crippen LogP contribution is 2.51. The first kappa shape index (κ1) is 22.9. The third-order valence-corrected chi connectivity index (χ3v) is 5.76. The van der Waals surface area contributed by atoms with Crippen LogP contribution in [0.2, 0.25) is 0 Å². The van der Waals surface area contributed by atoms with E-state index in [-0.39, 0.29) is 47.1 Å². The van der Waals surface area contributed by atoms with Crippen LogP contribution in [0, 0.1) is 5.41 Å². The number of guanidine groups is 1. The number of rotatable bonds is 7. The molecule has 4 unspecified atom stereocenters. The zero-order valence-corrected chi connectivity index (χ0v) is 18.9. The largest absolute Gasteiger partial charge is 0.379 e. The molecule has 1 aliphatic heterocycles. The van der Waals surface area contributed by atoms with Gasteiger partial charge in [0.2, 0.25) is 0 Å². The second-order valence-electron chi connectivity index (χ2n) is 7.74. The maximum Gasteiger partial charge on any atom is 0.191 e. The lowest BCUT2D eigenvalue weighted by atomic mass is 9.56. The lowest BCUT2D eigenvalue weighted by Crippen LogP contribution is -2.69. The van der Waals surface area contributed by atoms with E-state index in [0.29, 0.717) is 19.3 Å². The smallest absolute Gasteiger partial charge is 0.191 e. The summed E-state index contributed by atoms with van der Waals surface area (Å²) in [6, 6.07) is 0.539. The molecule has 25 heavy (non-hydrogen) atoms. The van der Waals surface area contributed by atoms with Gasteiger partial charge in [0.05, 0.1) is 24.9 Å². The van der Waals surface area contributed by atoms with Crippen molar-refractivity contribution in [3.05, 3.63) is 0 Å². The van der Waals surface area contributed by atoms with Crippen molar-refractivity contribution in [2.45, 2.75) is 71.2 Å². The van der Waals surface area contributed by atoms with Crippen LogP contribution < -0.4 is 10.6 Å². The molecule has 148 valence electrons. The van der Waals surface area contributed by atoms with Crippen molar-refractivity contribution < 1.29 is 14.2 Å². The molecule has 0 bridgehead atoms. The van der Waals surface area contributed by atoms with Crippen LogP contribution in [0.15, 0.2) is 4.99 Å². The molecule has 2 aliphatic rings. The highest BCUT2D eigenvalue weighted by atomic mass is 127. The topological polar surface area (TPSA) is 64.1 Å². The Morgan fingerprint density at radius 1 is 1.36 bits per heavy atom. The van der Waals surface area contributed by atoms with Crippen LogP contribution in [0.5, 0.6) is 0 Å². The van der Waals surface area contributed by atoms with Crippen molar-refractivity contribution in [3.8, 4) is 0 Å². The summed E-state index contributed by atoms with van der Waals surface area (Å²) in [5.41, 5.74) is -0.0297.